The van der Waals surface area contributed by atoms with Crippen LogP contribution in [0.15, 0.2) is 30.5 Å². The van der Waals surface area contributed by atoms with Gasteiger partial charge in [-0.05, 0) is 18.2 Å². The quantitative estimate of drug-likeness (QED) is 0.666. The molecule has 6 heteroatoms. The summed E-state index contributed by atoms with van der Waals surface area (Å²) in [6.07, 6.45) is 1.47. The molecule has 2 rings (SSSR count). The van der Waals surface area contributed by atoms with E-state index >= 15 is 0 Å². The van der Waals surface area contributed by atoms with E-state index in [2.05, 4.69) is 4.98 Å². The first-order valence-electron chi connectivity index (χ1n) is 4.61. The Bertz CT molecular complexity index is 563. The van der Waals surface area contributed by atoms with Crippen LogP contribution in [-0.4, -0.2) is 4.98 Å². The molecule has 0 atom stereocenters. The van der Waals surface area contributed by atoms with Gasteiger partial charge in [-0.2, -0.15) is 0 Å². The van der Waals surface area contributed by atoms with Crippen LogP contribution in [-0.2, 0) is 0 Å². The van der Waals surface area contributed by atoms with Crippen LogP contribution in [0.5, 0.6) is 11.5 Å². The van der Waals surface area contributed by atoms with Gasteiger partial charge in [0.2, 0.25) is 0 Å². The van der Waals surface area contributed by atoms with Crippen molar-refractivity contribution < 1.29 is 9.13 Å². The Hall–Kier alpha value is -1.52. The Kier molecular flexibility index (Phi) is 3.36. The number of halogens is 3. The number of nitrogens with zero attached hydrogens (tertiary/aromatic N) is 1. The van der Waals surface area contributed by atoms with Gasteiger partial charge in [-0.15, -0.1) is 0 Å². The summed E-state index contributed by atoms with van der Waals surface area (Å²) >= 11 is 11.4. The van der Waals surface area contributed by atoms with Crippen molar-refractivity contribution in [1.82, 2.24) is 4.98 Å². The summed E-state index contributed by atoms with van der Waals surface area (Å²) in [4.78, 5) is 3.79. The lowest BCUT2D eigenvalue weighted by atomic mass is 10.3. The summed E-state index contributed by atoms with van der Waals surface area (Å²) < 4.78 is 18.8. The second kappa shape index (κ2) is 4.77. The third kappa shape index (κ3) is 2.60. The largest absolute Gasteiger partial charge is 0.456 e. The molecule has 0 fully saturated rings. The van der Waals surface area contributed by atoms with Crippen molar-refractivity contribution in [2.24, 2.45) is 0 Å². The molecule has 0 aliphatic carbocycles. The predicted molar refractivity (Wildman–Crippen MR) is 65.1 cm³/mol. The van der Waals surface area contributed by atoms with Crippen LogP contribution in [0.4, 0.5) is 10.1 Å². The van der Waals surface area contributed by atoms with Gasteiger partial charge >= 0.3 is 0 Å². The van der Waals surface area contributed by atoms with Crippen molar-refractivity contribution in [2.45, 2.75) is 0 Å². The molecule has 88 valence electrons. The van der Waals surface area contributed by atoms with E-state index in [4.69, 9.17) is 33.7 Å². The van der Waals surface area contributed by atoms with E-state index in [9.17, 15) is 4.39 Å². The summed E-state index contributed by atoms with van der Waals surface area (Å²) in [5.74, 6) is -0.124. The fourth-order valence-electron chi connectivity index (χ4n) is 1.20. The molecule has 1 aromatic carbocycles. The minimum atomic E-state index is -0.704. The van der Waals surface area contributed by atoms with Gasteiger partial charge in [0.1, 0.15) is 21.7 Å². The Morgan fingerprint density at radius 2 is 2.00 bits per heavy atom. The average Bonchev–Trinajstić information content (AvgIpc) is 2.30. The Morgan fingerprint density at radius 1 is 1.24 bits per heavy atom. The second-order valence-corrected chi connectivity index (χ2v) is 3.96. The molecule has 0 spiro atoms. The molecule has 2 aromatic rings. The van der Waals surface area contributed by atoms with E-state index in [1.165, 1.54) is 24.4 Å². The van der Waals surface area contributed by atoms with Crippen molar-refractivity contribution in [3.63, 3.8) is 0 Å². The molecule has 0 unspecified atom stereocenters. The molecule has 1 aromatic heterocycles. The SMILES string of the molecule is Nc1ccc(Oc2ccnc(Cl)c2)c(Cl)c1F. The smallest absolute Gasteiger partial charge is 0.168 e. The number of nitrogen functional groups attached to an aromatic ring is 1. The molecule has 0 saturated heterocycles. The fourth-order valence-corrected chi connectivity index (χ4v) is 1.58. The van der Waals surface area contributed by atoms with Crippen molar-refractivity contribution in [3.8, 4) is 11.5 Å². The molecular formula is C11H7Cl2FN2O. The highest BCUT2D eigenvalue weighted by Crippen LogP contribution is 2.34. The zero-order valence-corrected chi connectivity index (χ0v) is 9.97. The summed E-state index contributed by atoms with van der Waals surface area (Å²) in [6.45, 7) is 0. The molecule has 2 N–H and O–H groups in total. The van der Waals surface area contributed by atoms with Crippen LogP contribution in [0.3, 0.4) is 0 Å². The van der Waals surface area contributed by atoms with Crippen molar-refractivity contribution in [1.29, 1.82) is 0 Å². The Balaban J connectivity index is 2.34. The van der Waals surface area contributed by atoms with Gasteiger partial charge < -0.3 is 10.5 Å². The Labute approximate surface area is 107 Å². The fraction of sp³-hybridized carbons (Fsp3) is 0. The van der Waals surface area contributed by atoms with Gasteiger partial charge in [-0.3, -0.25) is 0 Å². The third-order valence-corrected chi connectivity index (χ3v) is 2.56. The van der Waals surface area contributed by atoms with Gasteiger partial charge in [-0.1, -0.05) is 23.2 Å². The van der Waals surface area contributed by atoms with Crippen LogP contribution >= 0.6 is 23.2 Å². The van der Waals surface area contributed by atoms with Crippen LogP contribution in [0.1, 0.15) is 0 Å². The lowest BCUT2D eigenvalue weighted by Crippen LogP contribution is -1.94. The molecule has 0 aliphatic heterocycles. The molecule has 17 heavy (non-hydrogen) atoms. The summed E-state index contributed by atoms with van der Waals surface area (Å²) in [7, 11) is 0. The average molecular weight is 273 g/mol. The van der Waals surface area contributed by atoms with Crippen LogP contribution < -0.4 is 10.5 Å². The van der Waals surface area contributed by atoms with Gasteiger partial charge in [0.25, 0.3) is 0 Å². The van der Waals surface area contributed by atoms with E-state index in [-0.39, 0.29) is 21.6 Å². The highest BCUT2D eigenvalue weighted by atomic mass is 35.5. The molecule has 0 saturated carbocycles. The van der Waals surface area contributed by atoms with E-state index in [0.717, 1.165) is 0 Å². The summed E-state index contributed by atoms with van der Waals surface area (Å²) in [6, 6.07) is 5.93. The highest BCUT2D eigenvalue weighted by molar-refractivity contribution is 6.32. The number of hydrogen-bond acceptors (Lipinski definition) is 3. The van der Waals surface area contributed by atoms with Crippen LogP contribution in [0, 0.1) is 5.82 Å². The number of anilines is 1. The lowest BCUT2D eigenvalue weighted by molar-refractivity contribution is 0.477. The highest BCUT2D eigenvalue weighted by Gasteiger charge is 2.11. The summed E-state index contributed by atoms with van der Waals surface area (Å²) in [5, 5.41) is 0.104. The predicted octanol–water partition coefficient (Wildman–Crippen LogP) is 3.90. The molecule has 0 bridgehead atoms. The number of hydrogen-bond donors (Lipinski definition) is 1. The van der Waals surface area contributed by atoms with Crippen molar-refractivity contribution >= 4 is 28.9 Å². The monoisotopic (exact) mass is 272 g/mol. The van der Waals surface area contributed by atoms with E-state index in [0.29, 0.717) is 5.75 Å². The molecule has 0 aliphatic rings. The van der Waals surface area contributed by atoms with Gasteiger partial charge in [0, 0.05) is 12.3 Å². The number of ether oxygens (including phenoxy) is 1. The standard InChI is InChI=1S/C11H7Cl2FN2O/c12-9-5-6(3-4-16-9)17-8-2-1-7(15)11(14)10(8)13/h1-5H,15H2. The summed E-state index contributed by atoms with van der Waals surface area (Å²) in [5.41, 5.74) is 5.33. The van der Waals surface area contributed by atoms with Gasteiger partial charge in [-0.25, -0.2) is 9.37 Å². The van der Waals surface area contributed by atoms with Gasteiger partial charge in [0.15, 0.2) is 5.82 Å². The normalized spacial score (nSPS) is 10.3. The first-order valence-corrected chi connectivity index (χ1v) is 5.36. The minimum absolute atomic E-state index is 0.0323. The number of pyridine rings is 1. The number of benzene rings is 1. The first kappa shape index (κ1) is 12.0. The molecule has 0 radical (unpaired) electrons. The lowest BCUT2D eigenvalue weighted by Gasteiger charge is -2.09. The molecule has 1 heterocycles. The molecular weight excluding hydrogens is 266 g/mol. The molecule has 0 amide bonds. The number of nitrogens with two attached hydrogens (primary N) is 1. The van der Waals surface area contributed by atoms with Gasteiger partial charge in [0.05, 0.1) is 5.69 Å². The maximum absolute atomic E-state index is 13.4. The zero-order chi connectivity index (χ0) is 12.4. The molecule has 3 nitrogen and oxygen atoms in total. The van der Waals surface area contributed by atoms with Crippen LogP contribution in [0.2, 0.25) is 10.2 Å². The van der Waals surface area contributed by atoms with E-state index in [1.807, 2.05) is 0 Å². The van der Waals surface area contributed by atoms with Crippen molar-refractivity contribution in [2.75, 3.05) is 5.73 Å². The minimum Gasteiger partial charge on any atom is -0.456 e. The van der Waals surface area contributed by atoms with E-state index < -0.39 is 5.82 Å². The zero-order valence-electron chi connectivity index (χ0n) is 8.45. The van der Waals surface area contributed by atoms with E-state index in [1.54, 1.807) is 6.07 Å². The maximum atomic E-state index is 13.4. The topological polar surface area (TPSA) is 48.1 Å². The van der Waals surface area contributed by atoms with Crippen LogP contribution in [0.25, 0.3) is 0 Å². The first-order chi connectivity index (χ1) is 8.08. The third-order valence-electron chi connectivity index (χ3n) is 2.00. The van der Waals surface area contributed by atoms with Crippen molar-refractivity contribution in [3.05, 3.63) is 46.5 Å². The number of aromatic nitrogens is 1. The maximum Gasteiger partial charge on any atom is 0.168 e. The second-order valence-electron chi connectivity index (χ2n) is 3.20. The Morgan fingerprint density at radius 3 is 2.71 bits per heavy atom. The number of rotatable bonds is 2.